The van der Waals surface area contributed by atoms with Crippen molar-refractivity contribution in [3.63, 3.8) is 0 Å². The molecule has 0 saturated carbocycles. The van der Waals surface area contributed by atoms with Crippen LogP contribution in [0.1, 0.15) is 5.56 Å². The third kappa shape index (κ3) is 1.33. The lowest BCUT2D eigenvalue weighted by atomic mass is 10.1. The first kappa shape index (κ1) is 8.32. The van der Waals surface area contributed by atoms with Gasteiger partial charge in [-0.3, -0.25) is 0 Å². The van der Waals surface area contributed by atoms with E-state index in [1.54, 1.807) is 6.07 Å². The average molecular weight is 193 g/mol. The first-order valence-corrected chi connectivity index (χ1v) is 4.37. The van der Waals surface area contributed by atoms with Gasteiger partial charge in [-0.05, 0) is 18.6 Å². The van der Waals surface area contributed by atoms with Gasteiger partial charge in [0.05, 0.1) is 5.52 Å². The minimum absolute atomic E-state index is 0.444. The first-order valence-electron chi connectivity index (χ1n) is 4.00. The molecule has 2 aromatic rings. The van der Waals surface area contributed by atoms with Crippen molar-refractivity contribution in [1.29, 1.82) is 0 Å². The minimum atomic E-state index is 0.444. The quantitative estimate of drug-likeness (QED) is 0.652. The van der Waals surface area contributed by atoms with Crippen molar-refractivity contribution in [2.24, 2.45) is 0 Å². The molecule has 3 heteroatoms. The molecule has 66 valence electrons. The summed E-state index contributed by atoms with van der Waals surface area (Å²) in [6.07, 6.45) is 0. The van der Waals surface area contributed by atoms with Gasteiger partial charge in [0.1, 0.15) is 5.15 Å². The van der Waals surface area contributed by atoms with E-state index in [1.165, 1.54) is 0 Å². The normalized spacial score (nSPS) is 10.6. The number of nitrogen functional groups attached to an aromatic ring is 1. The van der Waals surface area contributed by atoms with Crippen LogP contribution in [0.5, 0.6) is 0 Å². The SMILES string of the molecule is Cc1cccc2c(N)cc(Cl)nc12. The van der Waals surface area contributed by atoms with Crippen LogP contribution in [0.25, 0.3) is 10.9 Å². The van der Waals surface area contributed by atoms with Crippen molar-refractivity contribution < 1.29 is 0 Å². The Morgan fingerprint density at radius 2 is 2.15 bits per heavy atom. The van der Waals surface area contributed by atoms with Gasteiger partial charge in [-0.2, -0.15) is 0 Å². The molecule has 0 aliphatic heterocycles. The van der Waals surface area contributed by atoms with Gasteiger partial charge >= 0.3 is 0 Å². The Morgan fingerprint density at radius 1 is 1.38 bits per heavy atom. The maximum atomic E-state index is 5.80. The van der Waals surface area contributed by atoms with Gasteiger partial charge in [-0.25, -0.2) is 4.98 Å². The van der Waals surface area contributed by atoms with Gasteiger partial charge in [-0.1, -0.05) is 29.8 Å². The fraction of sp³-hybridized carbons (Fsp3) is 0.100. The highest BCUT2D eigenvalue weighted by molar-refractivity contribution is 6.30. The summed E-state index contributed by atoms with van der Waals surface area (Å²) in [6.45, 7) is 1.99. The maximum absolute atomic E-state index is 5.80. The van der Waals surface area contributed by atoms with E-state index in [4.69, 9.17) is 17.3 Å². The summed E-state index contributed by atoms with van der Waals surface area (Å²) < 4.78 is 0. The Bertz CT molecular complexity index is 466. The van der Waals surface area contributed by atoms with Crippen LogP contribution in [0.2, 0.25) is 5.15 Å². The third-order valence-electron chi connectivity index (χ3n) is 2.04. The van der Waals surface area contributed by atoms with Crippen molar-refractivity contribution in [3.8, 4) is 0 Å². The summed E-state index contributed by atoms with van der Waals surface area (Å²) in [5.41, 5.74) is 8.45. The van der Waals surface area contributed by atoms with Crippen LogP contribution in [0, 0.1) is 6.92 Å². The summed E-state index contributed by atoms with van der Waals surface area (Å²) >= 11 is 5.80. The zero-order valence-electron chi connectivity index (χ0n) is 7.21. The van der Waals surface area contributed by atoms with Gasteiger partial charge in [0, 0.05) is 11.1 Å². The number of halogens is 1. The topological polar surface area (TPSA) is 38.9 Å². The minimum Gasteiger partial charge on any atom is -0.398 e. The molecular weight excluding hydrogens is 184 g/mol. The number of fused-ring (bicyclic) bond motifs is 1. The van der Waals surface area contributed by atoms with Crippen molar-refractivity contribution in [2.45, 2.75) is 6.92 Å². The molecule has 0 radical (unpaired) electrons. The van der Waals surface area contributed by atoms with Crippen LogP contribution in [0.3, 0.4) is 0 Å². The molecular formula is C10H9ClN2. The molecule has 0 unspecified atom stereocenters. The average Bonchev–Trinajstić information content (AvgIpc) is 2.07. The zero-order valence-corrected chi connectivity index (χ0v) is 7.97. The number of rotatable bonds is 0. The van der Waals surface area contributed by atoms with E-state index < -0.39 is 0 Å². The van der Waals surface area contributed by atoms with E-state index >= 15 is 0 Å². The van der Waals surface area contributed by atoms with Gasteiger partial charge < -0.3 is 5.73 Å². The molecule has 1 heterocycles. The smallest absolute Gasteiger partial charge is 0.131 e. The molecule has 1 aromatic carbocycles. The Kier molecular flexibility index (Phi) is 1.85. The summed E-state index contributed by atoms with van der Waals surface area (Å²) in [6, 6.07) is 7.57. The number of hydrogen-bond acceptors (Lipinski definition) is 2. The van der Waals surface area contributed by atoms with Gasteiger partial charge in [0.2, 0.25) is 0 Å². The molecule has 0 aliphatic carbocycles. The number of aromatic nitrogens is 1. The van der Waals surface area contributed by atoms with Crippen LogP contribution < -0.4 is 5.73 Å². The molecule has 2 rings (SSSR count). The molecule has 13 heavy (non-hydrogen) atoms. The number of nitrogens with two attached hydrogens (primary N) is 1. The molecule has 0 spiro atoms. The Balaban J connectivity index is 2.94. The number of nitrogens with zero attached hydrogens (tertiary/aromatic N) is 1. The molecule has 1 aromatic heterocycles. The fourth-order valence-electron chi connectivity index (χ4n) is 1.39. The van der Waals surface area contributed by atoms with Crippen molar-refractivity contribution in [3.05, 3.63) is 35.0 Å². The lowest BCUT2D eigenvalue weighted by Gasteiger charge is -2.04. The molecule has 0 atom stereocenters. The van der Waals surface area contributed by atoms with Gasteiger partial charge in [0.25, 0.3) is 0 Å². The third-order valence-corrected chi connectivity index (χ3v) is 2.24. The second kappa shape index (κ2) is 2.89. The highest BCUT2D eigenvalue weighted by Crippen LogP contribution is 2.24. The van der Waals surface area contributed by atoms with Crippen LogP contribution >= 0.6 is 11.6 Å². The summed E-state index contributed by atoms with van der Waals surface area (Å²) in [4.78, 5) is 4.22. The van der Waals surface area contributed by atoms with Gasteiger partial charge in [0.15, 0.2) is 0 Å². The molecule has 2 N–H and O–H groups in total. The molecule has 0 aliphatic rings. The number of pyridine rings is 1. The van der Waals surface area contributed by atoms with Crippen molar-refractivity contribution in [2.75, 3.05) is 5.73 Å². The van der Waals surface area contributed by atoms with E-state index in [1.807, 2.05) is 25.1 Å². The lowest BCUT2D eigenvalue weighted by molar-refractivity contribution is 1.37. The zero-order chi connectivity index (χ0) is 9.42. The van der Waals surface area contributed by atoms with Crippen LogP contribution in [-0.2, 0) is 0 Å². The van der Waals surface area contributed by atoms with Crippen LogP contribution in [-0.4, -0.2) is 4.98 Å². The molecule has 0 fully saturated rings. The van der Waals surface area contributed by atoms with Crippen molar-refractivity contribution >= 4 is 28.2 Å². The van der Waals surface area contributed by atoms with E-state index in [0.29, 0.717) is 10.8 Å². The lowest BCUT2D eigenvalue weighted by Crippen LogP contribution is -1.91. The molecule has 0 saturated heterocycles. The number of anilines is 1. The Labute approximate surface area is 81.3 Å². The van der Waals surface area contributed by atoms with Crippen molar-refractivity contribution in [1.82, 2.24) is 4.98 Å². The predicted octanol–water partition coefficient (Wildman–Crippen LogP) is 2.78. The highest BCUT2D eigenvalue weighted by Gasteiger charge is 2.02. The van der Waals surface area contributed by atoms with E-state index in [9.17, 15) is 0 Å². The highest BCUT2D eigenvalue weighted by atomic mass is 35.5. The summed E-state index contributed by atoms with van der Waals surface area (Å²) in [5.74, 6) is 0. The Morgan fingerprint density at radius 3 is 2.92 bits per heavy atom. The standard InChI is InChI=1S/C10H9ClN2/c1-6-3-2-4-7-8(12)5-9(11)13-10(6)7/h2-5H,1H3,(H2,12,13). The second-order valence-electron chi connectivity index (χ2n) is 3.01. The number of benzene rings is 1. The monoisotopic (exact) mass is 192 g/mol. The second-order valence-corrected chi connectivity index (χ2v) is 3.39. The first-order chi connectivity index (χ1) is 6.18. The molecule has 0 bridgehead atoms. The number of para-hydroxylation sites is 1. The van der Waals surface area contributed by atoms with E-state index in [2.05, 4.69) is 4.98 Å². The van der Waals surface area contributed by atoms with Gasteiger partial charge in [-0.15, -0.1) is 0 Å². The van der Waals surface area contributed by atoms with E-state index in [0.717, 1.165) is 16.5 Å². The maximum Gasteiger partial charge on any atom is 0.131 e. The summed E-state index contributed by atoms with van der Waals surface area (Å²) in [5, 5.41) is 1.41. The fourth-order valence-corrected chi connectivity index (χ4v) is 1.59. The predicted molar refractivity (Wildman–Crippen MR) is 55.9 cm³/mol. The molecule has 2 nitrogen and oxygen atoms in total. The number of aryl methyl sites for hydroxylation is 1. The largest absolute Gasteiger partial charge is 0.398 e. The van der Waals surface area contributed by atoms with Crippen LogP contribution in [0.15, 0.2) is 24.3 Å². The van der Waals surface area contributed by atoms with Crippen LogP contribution in [0.4, 0.5) is 5.69 Å². The van der Waals surface area contributed by atoms with E-state index in [-0.39, 0.29) is 0 Å². The Hall–Kier alpha value is -1.28. The summed E-state index contributed by atoms with van der Waals surface area (Å²) in [7, 11) is 0. The molecule has 0 amide bonds. The number of hydrogen-bond donors (Lipinski definition) is 1.